The zero-order valence-corrected chi connectivity index (χ0v) is 12.1. The Balaban J connectivity index is 2.13. The molecule has 0 unspecified atom stereocenters. The van der Waals surface area contributed by atoms with E-state index in [0.717, 1.165) is 23.3 Å². The van der Waals surface area contributed by atoms with Gasteiger partial charge in [-0.25, -0.2) is 8.78 Å². The minimum absolute atomic E-state index is 0.0262. The van der Waals surface area contributed by atoms with Crippen molar-refractivity contribution >= 4 is 11.8 Å². The summed E-state index contributed by atoms with van der Waals surface area (Å²) >= 11 is 1.24. The highest BCUT2D eigenvalue weighted by atomic mass is 32.2. The topological polar surface area (TPSA) is 20.2 Å². The molecule has 0 heterocycles. The fourth-order valence-corrected chi connectivity index (χ4v) is 2.69. The van der Waals surface area contributed by atoms with Crippen LogP contribution in [0, 0.1) is 23.5 Å². The highest BCUT2D eigenvalue weighted by Gasteiger charge is 2.06. The van der Waals surface area contributed by atoms with Crippen LogP contribution in [0.25, 0.3) is 0 Å². The lowest BCUT2D eigenvalue weighted by Gasteiger charge is -2.06. The lowest BCUT2D eigenvalue weighted by atomic mass is 10.1. The largest absolute Gasteiger partial charge is 0.395 e. The highest BCUT2D eigenvalue weighted by molar-refractivity contribution is 7.98. The molecular weight excluding hydrogens is 290 g/mol. The molecule has 2 aromatic carbocycles. The maximum Gasteiger partial charge on any atom is 0.136 e. The Morgan fingerprint density at radius 2 is 1.90 bits per heavy atom. The molecule has 2 aromatic rings. The van der Waals surface area contributed by atoms with Crippen LogP contribution in [0.5, 0.6) is 0 Å². The molecule has 0 aliphatic heterocycles. The van der Waals surface area contributed by atoms with Gasteiger partial charge in [-0.1, -0.05) is 30.0 Å². The first-order valence-corrected chi connectivity index (χ1v) is 7.45. The number of hydrogen-bond acceptors (Lipinski definition) is 2. The maximum atomic E-state index is 13.6. The Hall–Kier alpha value is -1.83. The van der Waals surface area contributed by atoms with Gasteiger partial charge in [-0.2, -0.15) is 0 Å². The van der Waals surface area contributed by atoms with Gasteiger partial charge < -0.3 is 5.11 Å². The van der Waals surface area contributed by atoms with Crippen molar-refractivity contribution in [2.75, 3.05) is 6.61 Å². The minimum atomic E-state index is -0.449. The van der Waals surface area contributed by atoms with Gasteiger partial charge in [0.25, 0.3) is 0 Å². The van der Waals surface area contributed by atoms with Crippen molar-refractivity contribution in [3.8, 4) is 11.8 Å². The van der Waals surface area contributed by atoms with Crippen LogP contribution < -0.4 is 0 Å². The summed E-state index contributed by atoms with van der Waals surface area (Å²) in [4.78, 5) is 0.285. The predicted octanol–water partition coefficient (Wildman–Crippen LogP) is 3.99. The first-order valence-electron chi connectivity index (χ1n) is 6.46. The third-order valence-electron chi connectivity index (χ3n) is 2.75. The van der Waals surface area contributed by atoms with E-state index in [-0.39, 0.29) is 11.5 Å². The average Bonchev–Trinajstić information content (AvgIpc) is 2.49. The van der Waals surface area contributed by atoms with Crippen LogP contribution in [-0.4, -0.2) is 11.7 Å². The van der Waals surface area contributed by atoms with Crippen molar-refractivity contribution in [1.29, 1.82) is 0 Å². The summed E-state index contributed by atoms with van der Waals surface area (Å²) in [5.41, 5.74) is 1.80. The Kier molecular flexibility index (Phi) is 5.79. The van der Waals surface area contributed by atoms with Crippen LogP contribution in [0.4, 0.5) is 8.78 Å². The minimum Gasteiger partial charge on any atom is -0.395 e. The summed E-state index contributed by atoms with van der Waals surface area (Å²) in [7, 11) is 0. The van der Waals surface area contributed by atoms with E-state index < -0.39 is 11.6 Å². The Morgan fingerprint density at radius 1 is 1.10 bits per heavy atom. The molecule has 0 saturated carbocycles. The van der Waals surface area contributed by atoms with E-state index in [2.05, 4.69) is 11.8 Å². The van der Waals surface area contributed by atoms with Crippen LogP contribution in [0.3, 0.4) is 0 Å². The second-order valence-electron chi connectivity index (χ2n) is 4.30. The van der Waals surface area contributed by atoms with Gasteiger partial charge in [0.05, 0.1) is 6.61 Å². The maximum absolute atomic E-state index is 13.6. The molecule has 0 atom stereocenters. The van der Waals surface area contributed by atoms with Gasteiger partial charge in [-0.05, 0) is 29.8 Å². The fraction of sp³-hybridized carbons (Fsp3) is 0.176. The van der Waals surface area contributed by atoms with Crippen LogP contribution in [0.15, 0.2) is 47.4 Å². The summed E-state index contributed by atoms with van der Waals surface area (Å²) < 4.78 is 26.7. The van der Waals surface area contributed by atoms with Gasteiger partial charge in [0, 0.05) is 22.6 Å². The Bertz CT molecular complexity index is 674. The zero-order valence-electron chi connectivity index (χ0n) is 11.3. The summed E-state index contributed by atoms with van der Waals surface area (Å²) in [6.45, 7) is 0.0262. The molecule has 0 radical (unpaired) electrons. The lowest BCUT2D eigenvalue weighted by Crippen LogP contribution is -1.89. The third-order valence-corrected chi connectivity index (χ3v) is 3.83. The van der Waals surface area contributed by atoms with E-state index in [0.29, 0.717) is 12.2 Å². The molecule has 0 fully saturated rings. The van der Waals surface area contributed by atoms with Crippen molar-refractivity contribution in [3.63, 3.8) is 0 Å². The lowest BCUT2D eigenvalue weighted by molar-refractivity contribution is 0.305. The van der Waals surface area contributed by atoms with Gasteiger partial charge >= 0.3 is 0 Å². The molecule has 1 nitrogen and oxygen atoms in total. The number of halogens is 2. The molecule has 108 valence electrons. The zero-order chi connectivity index (χ0) is 15.1. The molecule has 4 heteroatoms. The molecule has 0 saturated heterocycles. The van der Waals surface area contributed by atoms with Crippen LogP contribution >= 0.6 is 11.8 Å². The van der Waals surface area contributed by atoms with Crippen molar-refractivity contribution in [2.24, 2.45) is 0 Å². The van der Waals surface area contributed by atoms with Crippen molar-refractivity contribution in [3.05, 3.63) is 65.2 Å². The molecular formula is C17H14F2OS. The number of thioether (sulfide) groups is 1. The van der Waals surface area contributed by atoms with Gasteiger partial charge in [0.15, 0.2) is 0 Å². The van der Waals surface area contributed by atoms with Gasteiger partial charge in [0.1, 0.15) is 11.6 Å². The standard InChI is InChI=1S/C17H14F2OS/c18-15-8-9-16(19)17(11-15)21-12-14-7-2-1-5-13(14)6-3-4-10-20/h1-2,5,7-9,11,20H,4,10,12H2. The molecule has 21 heavy (non-hydrogen) atoms. The molecule has 0 bridgehead atoms. The van der Waals surface area contributed by atoms with E-state index in [4.69, 9.17) is 5.11 Å². The summed E-state index contributed by atoms with van der Waals surface area (Å²) in [6.07, 6.45) is 0.417. The van der Waals surface area contributed by atoms with Crippen molar-refractivity contribution < 1.29 is 13.9 Å². The summed E-state index contributed by atoms with van der Waals surface area (Å²) in [5.74, 6) is 5.48. The number of hydrogen-bond donors (Lipinski definition) is 1. The highest BCUT2D eigenvalue weighted by Crippen LogP contribution is 2.27. The molecule has 0 aromatic heterocycles. The molecule has 0 aliphatic rings. The second kappa shape index (κ2) is 7.82. The second-order valence-corrected chi connectivity index (χ2v) is 5.31. The molecule has 0 amide bonds. The molecule has 0 aliphatic carbocycles. The number of benzene rings is 2. The van der Waals surface area contributed by atoms with E-state index in [9.17, 15) is 8.78 Å². The van der Waals surface area contributed by atoms with Gasteiger partial charge in [-0.15, -0.1) is 11.8 Å². The van der Waals surface area contributed by atoms with Crippen LogP contribution in [0.1, 0.15) is 17.5 Å². The van der Waals surface area contributed by atoms with Gasteiger partial charge in [-0.3, -0.25) is 0 Å². The number of rotatable bonds is 4. The smallest absolute Gasteiger partial charge is 0.136 e. The van der Waals surface area contributed by atoms with E-state index in [1.165, 1.54) is 17.8 Å². The monoisotopic (exact) mass is 304 g/mol. The first-order chi connectivity index (χ1) is 10.2. The molecule has 1 N–H and O–H groups in total. The normalized spacial score (nSPS) is 10.0. The summed E-state index contributed by atoms with van der Waals surface area (Å²) in [5, 5.41) is 8.74. The quantitative estimate of drug-likeness (QED) is 0.681. The predicted molar refractivity (Wildman–Crippen MR) is 80.9 cm³/mol. The van der Waals surface area contributed by atoms with Crippen LogP contribution in [-0.2, 0) is 5.75 Å². The number of aliphatic hydroxyl groups excluding tert-OH is 1. The van der Waals surface area contributed by atoms with Crippen molar-refractivity contribution in [2.45, 2.75) is 17.1 Å². The third kappa shape index (κ3) is 4.59. The van der Waals surface area contributed by atoms with Gasteiger partial charge in [0.2, 0.25) is 0 Å². The Labute approximate surface area is 127 Å². The molecule has 2 rings (SSSR count). The first kappa shape index (κ1) is 15.6. The van der Waals surface area contributed by atoms with Crippen LogP contribution in [0.2, 0.25) is 0 Å². The average molecular weight is 304 g/mol. The Morgan fingerprint density at radius 3 is 2.71 bits per heavy atom. The summed E-state index contributed by atoms with van der Waals surface area (Å²) in [6, 6.07) is 11.0. The number of aliphatic hydroxyl groups is 1. The van der Waals surface area contributed by atoms with E-state index >= 15 is 0 Å². The molecule has 0 spiro atoms. The van der Waals surface area contributed by atoms with E-state index in [1.54, 1.807) is 0 Å². The van der Waals surface area contributed by atoms with Crippen molar-refractivity contribution in [1.82, 2.24) is 0 Å². The van der Waals surface area contributed by atoms with E-state index in [1.807, 2.05) is 24.3 Å². The fourth-order valence-electron chi connectivity index (χ4n) is 1.73. The SMILES string of the molecule is OCCC#Cc1ccccc1CSc1cc(F)ccc1F.